The summed E-state index contributed by atoms with van der Waals surface area (Å²) < 4.78 is 24.2. The lowest BCUT2D eigenvalue weighted by Gasteiger charge is -2.14. The van der Waals surface area contributed by atoms with Gasteiger partial charge in [0.15, 0.2) is 9.84 Å². The van der Waals surface area contributed by atoms with Crippen molar-refractivity contribution in [1.82, 2.24) is 10.2 Å². The first-order valence-electron chi connectivity index (χ1n) is 9.53. The number of nitrogens with one attached hydrogen (secondary N) is 2. The van der Waals surface area contributed by atoms with E-state index in [1.165, 1.54) is 18.2 Å². The lowest BCUT2D eigenvalue weighted by Crippen LogP contribution is -2.14. The van der Waals surface area contributed by atoms with Gasteiger partial charge in [-0.2, -0.15) is 5.10 Å². The Labute approximate surface area is 205 Å². The van der Waals surface area contributed by atoms with Crippen molar-refractivity contribution < 1.29 is 13.2 Å². The molecule has 0 spiro atoms. The number of aromatic nitrogens is 2. The van der Waals surface area contributed by atoms with Gasteiger partial charge in [0.2, 0.25) is 0 Å². The molecule has 0 saturated heterocycles. The fraction of sp³-hybridized carbons (Fsp3) is 0.0435. The Hall–Kier alpha value is -2.84. The zero-order valence-electron chi connectivity index (χ0n) is 17.1. The predicted octanol–water partition coefficient (Wildman–Crippen LogP) is 6.36. The Bertz CT molecular complexity index is 1470. The molecule has 168 valence electrons. The summed E-state index contributed by atoms with van der Waals surface area (Å²) >= 11 is 18.5. The first-order valence-corrected chi connectivity index (χ1v) is 12.6. The molecule has 0 aliphatic rings. The summed E-state index contributed by atoms with van der Waals surface area (Å²) in [5.41, 5.74) is 3.08. The zero-order chi connectivity index (χ0) is 23.8. The van der Waals surface area contributed by atoms with E-state index in [2.05, 4.69) is 15.5 Å². The van der Waals surface area contributed by atoms with Crippen molar-refractivity contribution in [1.29, 1.82) is 0 Å². The molecule has 4 aromatic rings. The second kappa shape index (κ2) is 9.19. The van der Waals surface area contributed by atoms with Crippen LogP contribution in [0.15, 0.2) is 71.8 Å². The number of anilines is 1. The number of amides is 1. The van der Waals surface area contributed by atoms with Gasteiger partial charge in [-0.1, -0.05) is 40.9 Å². The molecule has 0 unspecified atom stereocenters. The molecule has 0 saturated carbocycles. The lowest BCUT2D eigenvalue weighted by atomic mass is 9.99. The van der Waals surface area contributed by atoms with E-state index in [1.807, 2.05) is 0 Å². The van der Waals surface area contributed by atoms with Gasteiger partial charge in [-0.05, 0) is 65.7 Å². The molecular formula is C23H16Cl3N3O3S. The Morgan fingerprint density at radius 3 is 2.30 bits per heavy atom. The molecule has 1 aromatic heterocycles. The topological polar surface area (TPSA) is 91.9 Å². The van der Waals surface area contributed by atoms with Crippen LogP contribution in [-0.4, -0.2) is 30.8 Å². The van der Waals surface area contributed by atoms with E-state index in [0.29, 0.717) is 38.1 Å². The van der Waals surface area contributed by atoms with Crippen molar-refractivity contribution in [3.05, 3.63) is 87.5 Å². The van der Waals surface area contributed by atoms with Gasteiger partial charge in [0, 0.05) is 29.3 Å². The highest BCUT2D eigenvalue weighted by molar-refractivity contribution is 7.90. The quantitative estimate of drug-likeness (QED) is 0.320. The highest BCUT2D eigenvalue weighted by Crippen LogP contribution is 2.33. The Kier molecular flexibility index (Phi) is 6.50. The van der Waals surface area contributed by atoms with Gasteiger partial charge in [-0.3, -0.25) is 9.89 Å². The zero-order valence-corrected chi connectivity index (χ0v) is 20.1. The summed E-state index contributed by atoms with van der Waals surface area (Å²) in [7, 11) is -3.50. The van der Waals surface area contributed by atoms with Crippen LogP contribution in [0.5, 0.6) is 0 Å². The molecule has 4 rings (SSSR count). The van der Waals surface area contributed by atoms with Gasteiger partial charge in [0.25, 0.3) is 5.91 Å². The molecule has 3 aromatic carbocycles. The number of halogens is 3. The third kappa shape index (κ3) is 5.07. The van der Waals surface area contributed by atoms with Crippen LogP contribution in [0.25, 0.3) is 22.4 Å². The molecule has 33 heavy (non-hydrogen) atoms. The third-order valence-corrected chi connectivity index (χ3v) is 7.09. The molecule has 6 nitrogen and oxygen atoms in total. The highest BCUT2D eigenvalue weighted by Gasteiger charge is 2.18. The van der Waals surface area contributed by atoms with Crippen molar-refractivity contribution in [2.75, 3.05) is 11.6 Å². The molecule has 0 aliphatic carbocycles. The number of carbonyl (C=O) groups excluding carboxylic acids is 1. The van der Waals surface area contributed by atoms with Crippen molar-refractivity contribution in [3.63, 3.8) is 0 Å². The molecule has 0 radical (unpaired) electrons. The summed E-state index contributed by atoms with van der Waals surface area (Å²) in [6.07, 6.45) is 2.70. The Morgan fingerprint density at radius 2 is 1.64 bits per heavy atom. The minimum absolute atomic E-state index is 0.0770. The molecule has 2 N–H and O–H groups in total. The first kappa shape index (κ1) is 23.3. The molecule has 0 bridgehead atoms. The average Bonchev–Trinajstić information content (AvgIpc) is 3.30. The van der Waals surface area contributed by atoms with E-state index in [1.54, 1.807) is 48.7 Å². The fourth-order valence-electron chi connectivity index (χ4n) is 3.27. The summed E-state index contributed by atoms with van der Waals surface area (Å²) in [5, 5.41) is 10.7. The van der Waals surface area contributed by atoms with Gasteiger partial charge >= 0.3 is 0 Å². The third-order valence-electron chi connectivity index (χ3n) is 4.91. The van der Waals surface area contributed by atoms with E-state index in [9.17, 15) is 13.2 Å². The maximum Gasteiger partial charge on any atom is 0.256 e. The van der Waals surface area contributed by atoms with Gasteiger partial charge < -0.3 is 5.32 Å². The summed E-state index contributed by atoms with van der Waals surface area (Å²) in [4.78, 5) is 13.3. The number of carbonyl (C=O) groups is 1. The fourth-order valence-corrected chi connectivity index (χ4v) is 4.43. The number of benzene rings is 3. The van der Waals surface area contributed by atoms with Crippen molar-refractivity contribution in [3.8, 4) is 22.4 Å². The van der Waals surface area contributed by atoms with E-state index in [0.717, 1.165) is 6.26 Å². The van der Waals surface area contributed by atoms with Crippen LogP contribution in [-0.2, 0) is 9.84 Å². The standard InChI is InChI=1S/C23H16Cl3N3O3S/c1-33(31,32)15-4-5-16(17(12-15)13-2-6-20(25)21(26)10-13)23(30)28-14-3-7-19(24)18(11-14)22-8-9-27-29-22/h2-12H,1H3,(H,27,29)(H,28,30). The minimum atomic E-state index is -3.50. The number of aromatic amines is 1. The largest absolute Gasteiger partial charge is 0.322 e. The van der Waals surface area contributed by atoms with Gasteiger partial charge in [0.05, 0.1) is 25.7 Å². The van der Waals surface area contributed by atoms with Crippen LogP contribution < -0.4 is 5.32 Å². The maximum atomic E-state index is 13.2. The van der Waals surface area contributed by atoms with Crippen LogP contribution in [0.3, 0.4) is 0 Å². The molecular weight excluding hydrogens is 505 g/mol. The number of H-pyrrole nitrogens is 1. The van der Waals surface area contributed by atoms with Gasteiger partial charge in [-0.25, -0.2) is 8.42 Å². The lowest BCUT2D eigenvalue weighted by molar-refractivity contribution is 0.102. The molecule has 1 heterocycles. The molecule has 0 fully saturated rings. The van der Waals surface area contributed by atoms with E-state index >= 15 is 0 Å². The van der Waals surface area contributed by atoms with Crippen LogP contribution in [0.4, 0.5) is 5.69 Å². The average molecular weight is 521 g/mol. The second-order valence-corrected chi connectivity index (χ2v) is 10.5. The second-order valence-electron chi connectivity index (χ2n) is 7.23. The monoisotopic (exact) mass is 519 g/mol. The van der Waals surface area contributed by atoms with Crippen LogP contribution in [0, 0.1) is 0 Å². The number of hydrogen-bond acceptors (Lipinski definition) is 4. The molecule has 1 amide bonds. The van der Waals surface area contributed by atoms with Gasteiger partial charge in [-0.15, -0.1) is 0 Å². The van der Waals surface area contributed by atoms with Crippen LogP contribution in [0.1, 0.15) is 10.4 Å². The van der Waals surface area contributed by atoms with E-state index in [4.69, 9.17) is 34.8 Å². The summed E-state index contributed by atoms with van der Waals surface area (Å²) in [6.45, 7) is 0. The Balaban J connectivity index is 1.76. The first-order chi connectivity index (χ1) is 15.6. The van der Waals surface area contributed by atoms with Crippen molar-refractivity contribution in [2.45, 2.75) is 4.90 Å². The number of hydrogen-bond donors (Lipinski definition) is 2. The molecule has 0 atom stereocenters. The SMILES string of the molecule is CS(=O)(=O)c1ccc(C(=O)Nc2ccc(Cl)c(-c3ccn[nH]3)c2)c(-c2ccc(Cl)c(Cl)c2)c1. The van der Waals surface area contributed by atoms with Gasteiger partial charge in [0.1, 0.15) is 0 Å². The van der Waals surface area contributed by atoms with E-state index in [-0.39, 0.29) is 15.5 Å². The van der Waals surface area contributed by atoms with Crippen LogP contribution >= 0.6 is 34.8 Å². The van der Waals surface area contributed by atoms with Crippen molar-refractivity contribution in [2.24, 2.45) is 0 Å². The number of sulfone groups is 1. The Morgan fingerprint density at radius 1 is 0.879 bits per heavy atom. The maximum absolute atomic E-state index is 13.2. The minimum Gasteiger partial charge on any atom is -0.322 e. The highest BCUT2D eigenvalue weighted by atomic mass is 35.5. The van der Waals surface area contributed by atoms with E-state index < -0.39 is 15.7 Å². The predicted molar refractivity (Wildman–Crippen MR) is 132 cm³/mol. The molecule has 0 aliphatic heterocycles. The normalized spacial score (nSPS) is 11.4. The number of rotatable bonds is 5. The number of nitrogens with zero attached hydrogens (tertiary/aromatic N) is 1. The van der Waals surface area contributed by atoms with Crippen molar-refractivity contribution >= 4 is 56.2 Å². The summed E-state index contributed by atoms with van der Waals surface area (Å²) in [6, 6.07) is 16.0. The van der Waals surface area contributed by atoms with Crippen LogP contribution in [0.2, 0.25) is 15.1 Å². The molecule has 10 heteroatoms. The summed E-state index contributed by atoms with van der Waals surface area (Å²) in [5.74, 6) is -0.436. The smallest absolute Gasteiger partial charge is 0.256 e.